The number of anilines is 1. The summed E-state index contributed by atoms with van der Waals surface area (Å²) in [6.45, 7) is 1.96. The number of carbonyl (C=O) groups is 1. The maximum atomic E-state index is 12.4. The first-order valence-electron chi connectivity index (χ1n) is 6.66. The molecule has 1 aromatic carbocycles. The third-order valence-electron chi connectivity index (χ3n) is 3.47. The second kappa shape index (κ2) is 6.26. The Morgan fingerprint density at radius 3 is 2.67 bits per heavy atom. The minimum absolute atomic E-state index is 0.101. The zero-order chi connectivity index (χ0) is 15.4. The van der Waals surface area contributed by atoms with Crippen molar-refractivity contribution in [2.24, 2.45) is 0 Å². The number of hydrogen-bond acceptors (Lipinski definition) is 4. The summed E-state index contributed by atoms with van der Waals surface area (Å²) in [6.07, 6.45) is 0. The molecule has 1 aromatic heterocycles. The van der Waals surface area contributed by atoms with Crippen molar-refractivity contribution in [3.8, 4) is 5.75 Å². The number of nitrogens with zero attached hydrogens (tertiary/aromatic N) is 2. The monoisotopic (exact) mass is 285 g/mol. The van der Waals surface area contributed by atoms with Crippen molar-refractivity contribution in [3.63, 3.8) is 0 Å². The van der Waals surface area contributed by atoms with E-state index in [1.807, 2.05) is 31.2 Å². The molecule has 5 nitrogen and oxygen atoms in total. The SMILES string of the molecule is COc1cccc(C(C)N(C)C(=O)c2cccc(N)n2)c1. The van der Waals surface area contributed by atoms with Crippen molar-refractivity contribution >= 4 is 11.7 Å². The first kappa shape index (κ1) is 14.8. The number of aromatic nitrogens is 1. The van der Waals surface area contributed by atoms with Crippen LogP contribution in [0.3, 0.4) is 0 Å². The van der Waals surface area contributed by atoms with Crippen LogP contribution in [0.4, 0.5) is 5.82 Å². The maximum Gasteiger partial charge on any atom is 0.272 e. The van der Waals surface area contributed by atoms with E-state index in [0.29, 0.717) is 11.5 Å². The third-order valence-corrected chi connectivity index (χ3v) is 3.47. The van der Waals surface area contributed by atoms with Gasteiger partial charge >= 0.3 is 0 Å². The number of amides is 1. The average molecular weight is 285 g/mol. The average Bonchev–Trinajstić information content (AvgIpc) is 2.52. The minimum Gasteiger partial charge on any atom is -0.497 e. The van der Waals surface area contributed by atoms with Gasteiger partial charge in [-0.3, -0.25) is 4.79 Å². The van der Waals surface area contributed by atoms with E-state index in [0.717, 1.165) is 11.3 Å². The van der Waals surface area contributed by atoms with E-state index >= 15 is 0 Å². The molecule has 2 N–H and O–H groups in total. The van der Waals surface area contributed by atoms with E-state index in [-0.39, 0.29) is 11.9 Å². The van der Waals surface area contributed by atoms with E-state index in [1.165, 1.54) is 0 Å². The van der Waals surface area contributed by atoms with Crippen LogP contribution >= 0.6 is 0 Å². The van der Waals surface area contributed by atoms with Gasteiger partial charge in [-0.25, -0.2) is 4.98 Å². The summed E-state index contributed by atoms with van der Waals surface area (Å²) in [5, 5.41) is 0. The first-order valence-corrected chi connectivity index (χ1v) is 6.66. The molecule has 0 spiro atoms. The van der Waals surface area contributed by atoms with E-state index in [1.54, 1.807) is 37.3 Å². The molecule has 0 saturated heterocycles. The smallest absolute Gasteiger partial charge is 0.272 e. The van der Waals surface area contributed by atoms with Crippen LogP contribution in [-0.4, -0.2) is 29.9 Å². The number of ether oxygens (including phenoxy) is 1. The van der Waals surface area contributed by atoms with Gasteiger partial charge in [-0.15, -0.1) is 0 Å². The molecule has 2 rings (SSSR count). The van der Waals surface area contributed by atoms with E-state index < -0.39 is 0 Å². The highest BCUT2D eigenvalue weighted by Gasteiger charge is 2.20. The molecule has 1 unspecified atom stereocenters. The van der Waals surface area contributed by atoms with E-state index in [2.05, 4.69) is 4.98 Å². The molecule has 1 heterocycles. The lowest BCUT2D eigenvalue weighted by Crippen LogP contribution is -2.30. The topological polar surface area (TPSA) is 68.5 Å². The van der Waals surface area contributed by atoms with Crippen molar-refractivity contribution in [3.05, 3.63) is 53.7 Å². The van der Waals surface area contributed by atoms with Crippen LogP contribution in [0.5, 0.6) is 5.75 Å². The summed E-state index contributed by atoms with van der Waals surface area (Å²) in [5.41, 5.74) is 6.96. The molecule has 0 radical (unpaired) electrons. The largest absolute Gasteiger partial charge is 0.497 e. The Bertz CT molecular complexity index is 643. The van der Waals surface area contributed by atoms with Gasteiger partial charge in [0.15, 0.2) is 0 Å². The second-order valence-corrected chi connectivity index (χ2v) is 4.82. The molecule has 0 fully saturated rings. The lowest BCUT2D eigenvalue weighted by Gasteiger charge is -2.25. The van der Waals surface area contributed by atoms with E-state index in [4.69, 9.17) is 10.5 Å². The predicted octanol–water partition coefficient (Wildman–Crippen LogP) is 2.51. The Labute approximate surface area is 124 Å². The molecule has 0 saturated carbocycles. The van der Waals surface area contributed by atoms with Crippen LogP contribution < -0.4 is 10.5 Å². The molecule has 0 aliphatic heterocycles. The number of hydrogen-bond donors (Lipinski definition) is 1. The van der Waals surface area contributed by atoms with Crippen LogP contribution in [0.25, 0.3) is 0 Å². The number of nitrogen functional groups attached to an aromatic ring is 1. The highest BCUT2D eigenvalue weighted by molar-refractivity contribution is 5.92. The molecule has 21 heavy (non-hydrogen) atoms. The molecular formula is C16H19N3O2. The zero-order valence-corrected chi connectivity index (χ0v) is 12.4. The summed E-state index contributed by atoms with van der Waals surface area (Å²) in [5.74, 6) is 0.934. The molecule has 110 valence electrons. The van der Waals surface area contributed by atoms with Gasteiger partial charge in [-0.05, 0) is 36.8 Å². The van der Waals surface area contributed by atoms with Crippen molar-refractivity contribution in [1.82, 2.24) is 9.88 Å². The number of benzene rings is 1. The lowest BCUT2D eigenvalue weighted by atomic mass is 10.1. The van der Waals surface area contributed by atoms with Crippen LogP contribution in [0.2, 0.25) is 0 Å². The van der Waals surface area contributed by atoms with Crippen molar-refractivity contribution in [1.29, 1.82) is 0 Å². The highest BCUT2D eigenvalue weighted by atomic mass is 16.5. The Hall–Kier alpha value is -2.56. The first-order chi connectivity index (χ1) is 10.0. The van der Waals surface area contributed by atoms with Crippen LogP contribution in [0.1, 0.15) is 29.0 Å². The fourth-order valence-corrected chi connectivity index (χ4v) is 2.05. The van der Waals surface area contributed by atoms with Crippen molar-refractivity contribution in [2.45, 2.75) is 13.0 Å². The van der Waals surface area contributed by atoms with Gasteiger partial charge < -0.3 is 15.4 Å². The summed E-state index contributed by atoms with van der Waals surface area (Å²) in [6, 6.07) is 12.6. The Morgan fingerprint density at radius 1 is 1.29 bits per heavy atom. The molecule has 0 bridgehead atoms. The van der Waals surface area contributed by atoms with Gasteiger partial charge in [0.2, 0.25) is 0 Å². The lowest BCUT2D eigenvalue weighted by molar-refractivity contribution is 0.0736. The molecular weight excluding hydrogens is 266 g/mol. The number of pyridine rings is 1. The van der Waals surface area contributed by atoms with Gasteiger partial charge in [0.25, 0.3) is 5.91 Å². The number of methoxy groups -OCH3 is 1. The molecule has 1 atom stereocenters. The van der Waals surface area contributed by atoms with Crippen LogP contribution in [0.15, 0.2) is 42.5 Å². The molecule has 1 amide bonds. The Morgan fingerprint density at radius 2 is 2.00 bits per heavy atom. The number of nitrogens with two attached hydrogens (primary N) is 1. The summed E-state index contributed by atoms with van der Waals surface area (Å²) < 4.78 is 5.21. The molecule has 2 aromatic rings. The van der Waals surface area contributed by atoms with Crippen LogP contribution in [-0.2, 0) is 0 Å². The minimum atomic E-state index is -0.169. The Balaban J connectivity index is 2.22. The maximum absolute atomic E-state index is 12.4. The number of rotatable bonds is 4. The van der Waals surface area contributed by atoms with Gasteiger partial charge in [0.1, 0.15) is 17.3 Å². The van der Waals surface area contributed by atoms with Crippen molar-refractivity contribution in [2.75, 3.05) is 19.9 Å². The standard InChI is InChI=1S/C16H19N3O2/c1-11(12-6-4-7-13(10-12)21-3)19(2)16(20)14-8-5-9-15(17)18-14/h4-11H,1-3H3,(H2,17,18). The normalized spacial score (nSPS) is 11.8. The van der Waals surface area contributed by atoms with Crippen LogP contribution in [0, 0.1) is 0 Å². The van der Waals surface area contributed by atoms with Gasteiger partial charge in [0.05, 0.1) is 13.2 Å². The summed E-state index contributed by atoms with van der Waals surface area (Å²) >= 11 is 0. The highest BCUT2D eigenvalue weighted by Crippen LogP contribution is 2.24. The second-order valence-electron chi connectivity index (χ2n) is 4.82. The fourth-order valence-electron chi connectivity index (χ4n) is 2.05. The van der Waals surface area contributed by atoms with Gasteiger partial charge in [0, 0.05) is 7.05 Å². The number of carbonyl (C=O) groups excluding carboxylic acids is 1. The summed E-state index contributed by atoms with van der Waals surface area (Å²) in [4.78, 5) is 18.1. The van der Waals surface area contributed by atoms with Gasteiger partial charge in [-0.2, -0.15) is 0 Å². The quantitative estimate of drug-likeness (QED) is 0.937. The fraction of sp³-hybridized carbons (Fsp3) is 0.250. The Kier molecular flexibility index (Phi) is 4.42. The van der Waals surface area contributed by atoms with Crippen molar-refractivity contribution < 1.29 is 9.53 Å². The molecule has 0 aliphatic carbocycles. The van der Waals surface area contributed by atoms with E-state index in [9.17, 15) is 4.79 Å². The molecule has 5 heteroatoms. The third kappa shape index (κ3) is 3.31. The van der Waals surface area contributed by atoms with Gasteiger partial charge in [-0.1, -0.05) is 18.2 Å². The predicted molar refractivity (Wildman–Crippen MR) is 82.2 cm³/mol. The molecule has 0 aliphatic rings. The summed E-state index contributed by atoms with van der Waals surface area (Å²) in [7, 11) is 3.37. The zero-order valence-electron chi connectivity index (χ0n) is 12.4.